The van der Waals surface area contributed by atoms with E-state index in [0.717, 1.165) is 15.7 Å². The van der Waals surface area contributed by atoms with Gasteiger partial charge in [0, 0.05) is 16.0 Å². The summed E-state index contributed by atoms with van der Waals surface area (Å²) in [5, 5.41) is 4.93. The summed E-state index contributed by atoms with van der Waals surface area (Å²) in [5.41, 5.74) is 0.667. The summed E-state index contributed by atoms with van der Waals surface area (Å²) >= 11 is 9.03. The van der Waals surface area contributed by atoms with Crippen LogP contribution in [0.25, 0.3) is 0 Å². The lowest BCUT2D eigenvalue weighted by atomic mass is 9.77. The Labute approximate surface area is 192 Å². The van der Waals surface area contributed by atoms with Crippen molar-refractivity contribution in [2.75, 3.05) is 5.32 Å². The molecule has 8 heteroatoms. The number of carbonyl (C=O) groups is 1. The van der Waals surface area contributed by atoms with Gasteiger partial charge in [0.05, 0.1) is 22.1 Å². The fourth-order valence-corrected chi connectivity index (χ4v) is 9.01. The van der Waals surface area contributed by atoms with E-state index in [1.807, 2.05) is 23.9 Å². The normalized spacial score (nSPS) is 28.4. The number of furan rings is 1. The highest BCUT2D eigenvalue weighted by atomic mass is 35.5. The molecule has 2 saturated carbocycles. The van der Waals surface area contributed by atoms with Gasteiger partial charge in [-0.3, -0.25) is 14.2 Å². The van der Waals surface area contributed by atoms with E-state index in [1.165, 1.54) is 30.6 Å². The molecular formula is C23H21ClN2O3S2. The van der Waals surface area contributed by atoms with Crippen LogP contribution in [0, 0.1) is 17.8 Å². The molecule has 1 amide bonds. The van der Waals surface area contributed by atoms with Crippen molar-refractivity contribution in [3.63, 3.8) is 0 Å². The first-order chi connectivity index (χ1) is 15.1. The molecule has 1 aromatic carbocycles. The van der Waals surface area contributed by atoms with E-state index in [0.29, 0.717) is 33.7 Å². The van der Waals surface area contributed by atoms with Crippen molar-refractivity contribution in [1.82, 2.24) is 4.57 Å². The number of thioether (sulfide) groups is 1. The molecular weight excluding hydrogens is 452 g/mol. The third kappa shape index (κ3) is 3.29. The van der Waals surface area contributed by atoms with Crippen molar-refractivity contribution in [1.29, 1.82) is 0 Å². The Morgan fingerprint density at radius 2 is 2.00 bits per heavy atom. The third-order valence-electron chi connectivity index (χ3n) is 6.97. The maximum absolute atomic E-state index is 13.0. The molecule has 6 rings (SSSR count). The monoisotopic (exact) mass is 472 g/mol. The van der Waals surface area contributed by atoms with Crippen molar-refractivity contribution in [2.24, 2.45) is 17.8 Å². The fraction of sp³-hybridized carbons (Fsp3) is 0.391. The SMILES string of the molecule is O=C(Cn1c2c(sc1=O)[C@@H](c1ccco1)C1C3CCC(C3)C1S2)Nc1ccc(Cl)cc1. The van der Waals surface area contributed by atoms with Crippen LogP contribution in [0.3, 0.4) is 0 Å². The second-order valence-corrected chi connectivity index (χ2v) is 11.3. The number of hydrogen-bond donors (Lipinski definition) is 1. The smallest absolute Gasteiger partial charge is 0.308 e. The zero-order valence-corrected chi connectivity index (χ0v) is 19.0. The van der Waals surface area contributed by atoms with Gasteiger partial charge in [-0.25, -0.2) is 0 Å². The number of rotatable bonds is 4. The number of amides is 1. The quantitative estimate of drug-likeness (QED) is 0.548. The van der Waals surface area contributed by atoms with Crippen LogP contribution in [0.5, 0.6) is 0 Å². The molecule has 2 aliphatic carbocycles. The Balaban J connectivity index is 1.34. The highest BCUT2D eigenvalue weighted by Crippen LogP contribution is 2.64. The number of halogens is 1. The molecule has 0 spiro atoms. The largest absolute Gasteiger partial charge is 0.469 e. The average molecular weight is 473 g/mol. The van der Waals surface area contributed by atoms with E-state index in [2.05, 4.69) is 5.32 Å². The van der Waals surface area contributed by atoms with Crippen molar-refractivity contribution in [2.45, 2.75) is 42.0 Å². The molecule has 4 unspecified atom stereocenters. The van der Waals surface area contributed by atoms with Crippen molar-refractivity contribution in [3.8, 4) is 0 Å². The van der Waals surface area contributed by atoms with Crippen LogP contribution >= 0.6 is 34.7 Å². The van der Waals surface area contributed by atoms with E-state index < -0.39 is 0 Å². The van der Waals surface area contributed by atoms with E-state index in [9.17, 15) is 9.59 Å². The number of fused-ring (bicyclic) bond motifs is 6. The molecule has 3 aromatic rings. The second kappa shape index (κ2) is 7.57. The highest BCUT2D eigenvalue weighted by Gasteiger charge is 2.55. The predicted molar refractivity (Wildman–Crippen MR) is 123 cm³/mol. The molecule has 31 heavy (non-hydrogen) atoms. The summed E-state index contributed by atoms with van der Waals surface area (Å²) in [6, 6.07) is 10.9. The molecule has 2 fully saturated rings. The Bertz CT molecular complexity index is 1180. The Hall–Kier alpha value is -1.96. The Morgan fingerprint density at radius 1 is 1.19 bits per heavy atom. The maximum Gasteiger partial charge on any atom is 0.308 e. The van der Waals surface area contributed by atoms with Gasteiger partial charge >= 0.3 is 4.87 Å². The zero-order valence-electron chi connectivity index (χ0n) is 16.6. The van der Waals surface area contributed by atoms with Gasteiger partial charge < -0.3 is 9.73 Å². The minimum Gasteiger partial charge on any atom is -0.469 e. The minimum absolute atomic E-state index is 0.0106. The van der Waals surface area contributed by atoms with Gasteiger partial charge in [0.1, 0.15) is 12.3 Å². The van der Waals surface area contributed by atoms with Gasteiger partial charge in [-0.05, 0) is 73.4 Å². The maximum atomic E-state index is 13.0. The van der Waals surface area contributed by atoms with E-state index in [1.54, 1.807) is 35.1 Å². The Kier molecular flexibility index (Phi) is 4.81. The van der Waals surface area contributed by atoms with Gasteiger partial charge in [-0.2, -0.15) is 0 Å². The van der Waals surface area contributed by atoms with Crippen LogP contribution < -0.4 is 10.2 Å². The first-order valence-electron chi connectivity index (χ1n) is 10.6. The number of thiazole rings is 1. The summed E-state index contributed by atoms with van der Waals surface area (Å²) in [7, 11) is 0. The lowest BCUT2D eigenvalue weighted by Gasteiger charge is -2.39. The molecule has 1 N–H and O–H groups in total. The van der Waals surface area contributed by atoms with E-state index in [4.69, 9.17) is 16.0 Å². The summed E-state index contributed by atoms with van der Waals surface area (Å²) < 4.78 is 7.52. The molecule has 1 aliphatic heterocycles. The summed E-state index contributed by atoms with van der Waals surface area (Å²) in [6.07, 6.45) is 5.54. The Morgan fingerprint density at radius 3 is 2.77 bits per heavy atom. The molecule has 5 atom stereocenters. The average Bonchev–Trinajstić information content (AvgIpc) is 3.54. The van der Waals surface area contributed by atoms with Gasteiger partial charge in [-0.15, -0.1) is 11.8 Å². The van der Waals surface area contributed by atoms with E-state index in [-0.39, 0.29) is 23.2 Å². The van der Waals surface area contributed by atoms with E-state index >= 15 is 0 Å². The number of anilines is 1. The van der Waals surface area contributed by atoms with Crippen LogP contribution in [0.4, 0.5) is 5.69 Å². The molecule has 2 aromatic heterocycles. The molecule has 0 saturated heterocycles. The van der Waals surface area contributed by atoms with Crippen molar-refractivity contribution < 1.29 is 9.21 Å². The first-order valence-corrected chi connectivity index (χ1v) is 12.6. The zero-order chi connectivity index (χ0) is 21.1. The van der Waals surface area contributed by atoms with Crippen LogP contribution in [-0.4, -0.2) is 15.7 Å². The third-order valence-corrected chi connectivity index (χ3v) is 10.0. The molecule has 3 aliphatic rings. The predicted octanol–water partition coefficient (Wildman–Crippen LogP) is 5.45. The lowest BCUT2D eigenvalue weighted by Crippen LogP contribution is -2.34. The summed E-state index contributed by atoms with van der Waals surface area (Å²) in [6.45, 7) is 0.0106. The number of carbonyl (C=O) groups excluding carboxylic acids is 1. The standard InChI is InChI=1S/C23H21ClN2O3S2/c24-14-5-7-15(8-6-14)25-17(27)11-26-22-21(31-23(26)28)19(16-2-1-9-29-16)18-12-3-4-13(10-12)20(18)30-22/h1-2,5-9,12-13,18-20H,3-4,10-11H2,(H,25,27)/t12?,13?,18?,19-,20?/m0/s1. The lowest BCUT2D eigenvalue weighted by molar-refractivity contribution is -0.116. The fourth-order valence-electron chi connectivity index (χ4n) is 5.75. The van der Waals surface area contributed by atoms with Gasteiger partial charge in [-0.1, -0.05) is 22.9 Å². The number of hydrogen-bond acceptors (Lipinski definition) is 5. The number of aromatic nitrogens is 1. The minimum atomic E-state index is -0.213. The van der Waals surface area contributed by atoms with Crippen LogP contribution in [0.15, 0.2) is 56.9 Å². The van der Waals surface area contributed by atoms with Gasteiger partial charge in [0.25, 0.3) is 0 Å². The second-order valence-electron chi connectivity index (χ2n) is 8.66. The van der Waals surface area contributed by atoms with Crippen molar-refractivity contribution >= 4 is 46.3 Å². The molecule has 2 bridgehead atoms. The summed E-state index contributed by atoms with van der Waals surface area (Å²) in [5.74, 6) is 2.75. The summed E-state index contributed by atoms with van der Waals surface area (Å²) in [4.78, 5) is 26.7. The molecule has 0 radical (unpaired) electrons. The van der Waals surface area contributed by atoms with Gasteiger partial charge in [0.2, 0.25) is 5.91 Å². The van der Waals surface area contributed by atoms with Crippen LogP contribution in [0.1, 0.15) is 35.8 Å². The van der Waals surface area contributed by atoms with Crippen LogP contribution in [-0.2, 0) is 11.3 Å². The van der Waals surface area contributed by atoms with Crippen LogP contribution in [0.2, 0.25) is 5.02 Å². The molecule has 3 heterocycles. The van der Waals surface area contributed by atoms with Gasteiger partial charge in [0.15, 0.2) is 0 Å². The number of benzene rings is 1. The number of nitrogens with one attached hydrogen (secondary N) is 1. The molecule has 5 nitrogen and oxygen atoms in total. The highest BCUT2D eigenvalue weighted by molar-refractivity contribution is 8.00. The molecule has 160 valence electrons. The van der Waals surface area contributed by atoms with Crippen molar-refractivity contribution in [3.05, 3.63) is 68.0 Å². The topological polar surface area (TPSA) is 64.2 Å². The first kappa shape index (κ1) is 19.7. The number of nitrogens with zero attached hydrogens (tertiary/aromatic N) is 1.